The molecule has 0 aliphatic rings. The lowest BCUT2D eigenvalue weighted by Gasteiger charge is -2.32. The fourth-order valence-corrected chi connectivity index (χ4v) is 5.46. The van der Waals surface area contributed by atoms with E-state index in [4.69, 9.17) is 69.1 Å². The number of nitrogens with zero attached hydrogens (tertiary/aromatic N) is 1. The van der Waals surface area contributed by atoms with Crippen LogP contribution in [-0.2, 0) is 42.9 Å². The highest BCUT2D eigenvalue weighted by Crippen LogP contribution is 2.28. The van der Waals surface area contributed by atoms with Crippen LogP contribution in [0.15, 0.2) is 50.6 Å². The summed E-state index contributed by atoms with van der Waals surface area (Å²) in [5.41, 5.74) is -1.45. The van der Waals surface area contributed by atoms with Crippen LogP contribution < -0.4 is 0 Å². The smallest absolute Gasteiger partial charge is 0.330 e. The number of hydrogen-bond acceptors (Lipinski definition) is 13. The van der Waals surface area contributed by atoms with Gasteiger partial charge in [0, 0.05) is 37.2 Å². The number of carbonyl (C=O) groups is 5. The summed E-state index contributed by atoms with van der Waals surface area (Å²) in [4.78, 5) is 56.2. The predicted octanol–water partition coefficient (Wildman–Crippen LogP) is 13.7. The number of aldehydes is 1. The molecule has 0 aromatic carbocycles. The highest BCUT2D eigenvalue weighted by Gasteiger charge is 2.35. The van der Waals surface area contributed by atoms with Crippen molar-refractivity contribution in [2.75, 3.05) is 71.7 Å². The van der Waals surface area contributed by atoms with Gasteiger partial charge in [0.25, 0.3) is 0 Å². The fourth-order valence-electron chi connectivity index (χ4n) is 5.46. The van der Waals surface area contributed by atoms with Crippen molar-refractivity contribution in [3.8, 4) is 0 Å². The van der Waals surface area contributed by atoms with Gasteiger partial charge in [0.15, 0.2) is 0 Å². The van der Waals surface area contributed by atoms with Crippen molar-refractivity contribution in [2.24, 2.45) is 10.8 Å². The molecule has 13 nitrogen and oxygen atoms in total. The summed E-state index contributed by atoms with van der Waals surface area (Å²) in [6.45, 7) is 35.3. The van der Waals surface area contributed by atoms with Crippen molar-refractivity contribution < 1.29 is 59.7 Å². The van der Waals surface area contributed by atoms with Crippen LogP contribution in [0.3, 0.4) is 0 Å². The zero-order valence-corrected chi connectivity index (χ0v) is 48.6. The van der Waals surface area contributed by atoms with Gasteiger partial charge in [-0.05, 0) is 77.3 Å². The number of unbranched alkanes of at least 4 members (excludes halogenated alkanes) is 14. The molecule has 0 saturated heterocycles. The first-order valence-corrected chi connectivity index (χ1v) is 27.0. The number of aliphatic hydroxyl groups excluding tert-OH is 3. The van der Waals surface area contributed by atoms with Crippen LogP contribution in [0.1, 0.15) is 193 Å². The summed E-state index contributed by atoms with van der Waals surface area (Å²) in [6.07, 6.45) is 25.8. The number of methoxy groups -OCH3 is 1. The van der Waals surface area contributed by atoms with Gasteiger partial charge in [-0.1, -0.05) is 172 Å². The third-order valence-corrected chi connectivity index (χ3v) is 10.6. The summed E-state index contributed by atoms with van der Waals surface area (Å²) >= 11 is 14.2. The molecule has 0 radical (unpaired) electrons. The van der Waals surface area contributed by atoms with Crippen LogP contribution in [0.5, 0.6) is 0 Å². The van der Waals surface area contributed by atoms with Crippen LogP contribution in [0.25, 0.3) is 0 Å². The highest BCUT2D eigenvalue weighted by atomic mass is 35.5. The van der Waals surface area contributed by atoms with Gasteiger partial charge in [-0.25, -0.2) is 14.4 Å². The molecule has 432 valence electrons. The van der Waals surface area contributed by atoms with Crippen LogP contribution in [0, 0.1) is 10.8 Å². The molecule has 0 rings (SSSR count). The van der Waals surface area contributed by atoms with Gasteiger partial charge in [0.05, 0.1) is 36.2 Å². The average Bonchev–Trinajstić information content (AvgIpc) is 3.37. The molecule has 0 aliphatic carbocycles. The van der Waals surface area contributed by atoms with Gasteiger partial charge in [0.1, 0.15) is 26.1 Å². The molecule has 0 aromatic rings. The summed E-state index contributed by atoms with van der Waals surface area (Å²) in [7, 11) is 1.71. The van der Waals surface area contributed by atoms with E-state index in [-0.39, 0.29) is 59.4 Å². The Labute approximate surface area is 457 Å². The number of ether oxygens (including phenoxy) is 4. The fraction of sp³-hybridized carbons (Fsp3) is 0.768. The number of alkyl halides is 2. The molecule has 0 spiro atoms. The Morgan fingerprint density at radius 2 is 0.806 bits per heavy atom. The number of halogens is 3. The number of hydrogen-bond donors (Lipinski definition) is 3. The van der Waals surface area contributed by atoms with Crippen molar-refractivity contribution in [3.63, 3.8) is 0 Å². The quantitative estimate of drug-likeness (QED) is 0.0104. The molecule has 0 bridgehead atoms. The molecule has 16 heteroatoms. The minimum absolute atomic E-state index is 0. The predicted molar refractivity (Wildman–Crippen MR) is 306 cm³/mol. The van der Waals surface area contributed by atoms with E-state index in [0.717, 1.165) is 88.4 Å². The Bertz CT molecular complexity index is 1170. The van der Waals surface area contributed by atoms with Gasteiger partial charge < -0.3 is 45.4 Å². The molecule has 0 fully saturated rings. The number of esters is 3. The maximum Gasteiger partial charge on any atom is 0.330 e. The zero-order valence-electron chi connectivity index (χ0n) is 47.3. The summed E-state index contributed by atoms with van der Waals surface area (Å²) < 4.78 is 20.5. The topological polar surface area (TPSA) is 186 Å². The molecule has 0 heterocycles. The van der Waals surface area contributed by atoms with E-state index in [2.05, 4.69) is 72.8 Å². The highest BCUT2D eigenvalue weighted by molar-refractivity contribution is 6.66. The van der Waals surface area contributed by atoms with Crippen molar-refractivity contribution in [1.29, 1.82) is 0 Å². The Balaban J connectivity index is -0.000000105. The first-order chi connectivity index (χ1) is 33.7. The molecule has 72 heavy (non-hydrogen) atoms. The molecule has 3 N–H and O–H groups in total. The maximum absolute atomic E-state index is 11.5. The minimum Gasteiger partial charge on any atom is -1.00 e. The van der Waals surface area contributed by atoms with E-state index in [1.54, 1.807) is 7.11 Å². The van der Waals surface area contributed by atoms with Crippen molar-refractivity contribution in [3.05, 3.63) is 50.6 Å². The van der Waals surface area contributed by atoms with Crippen molar-refractivity contribution in [2.45, 2.75) is 197 Å². The molecule has 0 aromatic heterocycles. The molecular formula is C56H109Cl3NO12-. The maximum atomic E-state index is 11.5. The van der Waals surface area contributed by atoms with Crippen LogP contribution in [0.2, 0.25) is 0 Å². The van der Waals surface area contributed by atoms with Gasteiger partial charge in [-0.2, -0.15) is 0 Å². The molecule has 0 unspecified atom stereocenters. The lowest BCUT2D eigenvalue weighted by Crippen LogP contribution is -2.39. The summed E-state index contributed by atoms with van der Waals surface area (Å²) in [5.74, 6) is -1.78. The summed E-state index contributed by atoms with van der Waals surface area (Å²) in [6, 6.07) is 0. The van der Waals surface area contributed by atoms with E-state index < -0.39 is 34.0 Å². The third-order valence-electron chi connectivity index (χ3n) is 10.5. The number of rotatable bonds is 35. The zero-order chi connectivity index (χ0) is 56.3. The lowest BCUT2D eigenvalue weighted by molar-refractivity contribution is -0.156. The Hall–Kier alpha value is -2.62. The van der Waals surface area contributed by atoms with Crippen LogP contribution in [0.4, 0.5) is 0 Å². The van der Waals surface area contributed by atoms with Crippen molar-refractivity contribution >= 4 is 64.2 Å². The SMILES string of the molecule is C.C=CC(=O)Cl.C=CC(=O)OCC(CCCCCCC)(COC(=O)C=C)COC(=O)C=C.CCCCCCCC(CO)(CO)CO.CCCCCCCCC=O.CCN(CC)CC.COC(C)(C)C.ClCCl.[3H-]. The normalized spacial score (nSPS) is 10.2. The molecular weight excluding hydrogens is 985 g/mol. The van der Waals surface area contributed by atoms with Gasteiger partial charge in [-0.15, -0.1) is 23.2 Å². The van der Waals surface area contributed by atoms with Gasteiger partial charge >= 0.3 is 17.9 Å². The number of allylic oxidation sites excluding steroid dienone is 1. The second-order valence-corrected chi connectivity index (χ2v) is 18.7. The standard InChI is InChI=1S/C20H30O6.C11H24O3.C9H18O.C6H15N.C5H12O.C3H3ClO.CH2Cl2.CH4.H/c1-5-9-10-11-12-13-20(14-24-17(21)6-2,15-25-18(22)7-3)16-26-19(23)8-4;1-2-3-4-5-6-7-11(8-12,9-13)10-14;1-2-3-4-5-6-7-8-9-10;1-4-7(5-2)6-3;1-5(2,3)6-4;1-2-3(4)5;2-1-3;;/h6-8H,2-5,9-16H2,1H3;12-14H,2-10H2,1H3;9H,2-8H2,1H3;4-6H2,1-3H3;1-4H3;2H,1H2;1H2;1H4;/q;;;;;;;;-1/i;;;;;;;;1+2. The van der Waals surface area contributed by atoms with E-state index in [1.807, 2.05) is 20.8 Å². The third kappa shape index (κ3) is 71.6. The lowest BCUT2D eigenvalue weighted by atomic mass is 9.84. The van der Waals surface area contributed by atoms with E-state index in [1.165, 1.54) is 71.0 Å². The number of aliphatic hydroxyl groups is 3. The average molecular weight is 1100 g/mol. The second-order valence-electron chi connectivity index (χ2n) is 17.5. The second kappa shape index (κ2) is 66.4. The van der Waals surface area contributed by atoms with Gasteiger partial charge in [0.2, 0.25) is 5.24 Å². The molecule has 0 atom stereocenters. The minimum atomic E-state index is -0.831. The Kier molecular flexibility index (Phi) is 79.4. The Morgan fingerprint density at radius 3 is 1.01 bits per heavy atom. The summed E-state index contributed by atoms with van der Waals surface area (Å²) in [5, 5.41) is 26.9. The molecule has 0 saturated carbocycles. The first kappa shape index (κ1) is 86.1. The monoisotopic (exact) mass is 1090 g/mol. The van der Waals surface area contributed by atoms with E-state index in [0.29, 0.717) is 12.8 Å². The molecule has 0 aliphatic heterocycles. The van der Waals surface area contributed by atoms with E-state index >= 15 is 0 Å². The molecule has 0 amide bonds. The number of carbonyl (C=O) groups excluding carboxylic acids is 5. The van der Waals surface area contributed by atoms with Crippen LogP contribution >= 0.6 is 34.8 Å². The first-order valence-electron chi connectivity index (χ1n) is 25.5. The van der Waals surface area contributed by atoms with Crippen LogP contribution in [-0.4, -0.2) is 127 Å². The van der Waals surface area contributed by atoms with Gasteiger partial charge in [-0.3, -0.25) is 4.79 Å². The van der Waals surface area contributed by atoms with E-state index in [9.17, 15) is 24.0 Å². The van der Waals surface area contributed by atoms with Crippen molar-refractivity contribution in [1.82, 2.24) is 4.90 Å². The largest absolute Gasteiger partial charge is 1.00 e. The Morgan fingerprint density at radius 1 is 0.542 bits per heavy atom.